The highest BCUT2D eigenvalue weighted by atomic mass is 16.3. The first-order valence-electron chi connectivity index (χ1n) is 21.0. The smallest absolute Gasteiger partial charge is 0.227 e. The van der Waals surface area contributed by atoms with Crippen LogP contribution in [0.2, 0.25) is 0 Å². The fraction of sp³-hybridized carbons (Fsp3) is 0.0517. The summed E-state index contributed by atoms with van der Waals surface area (Å²) in [7, 11) is 0. The standard InChI is InChI=1S/C58H40N2O/c1-58(2)51-16-10-9-15-49(51)50-36-43(25-33-52(50)58)39-23-29-46(30-24-39)60(45-27-21-38(22-28-45)37-11-5-3-6-12-37)47-31-32-48-44(35-47)20-19-40-17-18-41-26-34-53-56(55(41)54(40)48)61-57(59-53)42-13-7-4-8-14-42/h3-36H,1-2H3. The number of oxazole rings is 1. The van der Waals surface area contributed by atoms with Crippen molar-refractivity contribution in [3.63, 3.8) is 0 Å². The Hall–Kier alpha value is -7.75. The van der Waals surface area contributed by atoms with Crippen molar-refractivity contribution in [2.45, 2.75) is 19.3 Å². The number of nitrogens with zero attached hydrogens (tertiary/aromatic N) is 2. The fourth-order valence-corrected chi connectivity index (χ4v) is 9.76. The van der Waals surface area contributed by atoms with Gasteiger partial charge in [0.25, 0.3) is 0 Å². The maximum atomic E-state index is 6.61. The number of rotatable bonds is 6. The summed E-state index contributed by atoms with van der Waals surface area (Å²) in [5.41, 5.74) is 16.1. The van der Waals surface area contributed by atoms with E-state index < -0.39 is 0 Å². The van der Waals surface area contributed by atoms with E-state index in [-0.39, 0.29) is 5.41 Å². The average molecular weight is 781 g/mol. The first-order valence-corrected chi connectivity index (χ1v) is 21.0. The maximum absolute atomic E-state index is 6.61. The molecule has 11 aromatic rings. The van der Waals surface area contributed by atoms with Gasteiger partial charge in [-0.25, -0.2) is 4.98 Å². The maximum Gasteiger partial charge on any atom is 0.227 e. The first-order chi connectivity index (χ1) is 30.0. The Morgan fingerprint density at radius 1 is 0.410 bits per heavy atom. The van der Waals surface area contributed by atoms with E-state index in [0.717, 1.165) is 49.9 Å². The Balaban J connectivity index is 0.986. The molecule has 0 saturated heterocycles. The molecule has 61 heavy (non-hydrogen) atoms. The van der Waals surface area contributed by atoms with Gasteiger partial charge in [-0.1, -0.05) is 159 Å². The Bertz CT molecular complexity index is 3470. The van der Waals surface area contributed by atoms with Gasteiger partial charge in [-0.05, 0) is 127 Å². The van der Waals surface area contributed by atoms with E-state index >= 15 is 0 Å². The van der Waals surface area contributed by atoms with Crippen molar-refractivity contribution in [3.05, 3.63) is 217 Å². The van der Waals surface area contributed by atoms with Crippen LogP contribution in [0.1, 0.15) is 25.0 Å². The summed E-state index contributed by atoms with van der Waals surface area (Å²) in [4.78, 5) is 7.30. The molecule has 0 atom stereocenters. The predicted octanol–water partition coefficient (Wildman–Crippen LogP) is 16.1. The molecule has 0 spiro atoms. The molecule has 0 N–H and O–H groups in total. The van der Waals surface area contributed by atoms with Gasteiger partial charge >= 0.3 is 0 Å². The summed E-state index contributed by atoms with van der Waals surface area (Å²) in [6.45, 7) is 4.67. The summed E-state index contributed by atoms with van der Waals surface area (Å²) < 4.78 is 6.61. The first kappa shape index (κ1) is 35.2. The molecule has 288 valence electrons. The second kappa shape index (κ2) is 13.7. The molecule has 1 aliphatic carbocycles. The predicted molar refractivity (Wildman–Crippen MR) is 255 cm³/mol. The number of hydrogen-bond acceptors (Lipinski definition) is 3. The SMILES string of the molecule is CC1(C)c2ccccc2-c2cc(-c3ccc(N(c4ccc(-c5ccccc5)cc4)c4ccc5c(ccc6ccc7ccc8nc(-c9ccccc9)oc8c7c65)c4)cc3)ccc21. The summed E-state index contributed by atoms with van der Waals surface area (Å²) in [5.74, 6) is 0.632. The molecular weight excluding hydrogens is 741 g/mol. The van der Waals surface area contributed by atoms with Crippen molar-refractivity contribution in [1.82, 2.24) is 4.98 Å². The molecule has 12 rings (SSSR count). The van der Waals surface area contributed by atoms with E-state index in [4.69, 9.17) is 9.40 Å². The number of fused-ring (bicyclic) bond motifs is 10. The monoisotopic (exact) mass is 780 g/mol. The van der Waals surface area contributed by atoms with Gasteiger partial charge in [0.1, 0.15) is 5.52 Å². The second-order valence-corrected chi connectivity index (χ2v) is 16.8. The Morgan fingerprint density at radius 2 is 0.951 bits per heavy atom. The van der Waals surface area contributed by atoms with E-state index in [1.807, 2.05) is 30.3 Å². The molecule has 0 amide bonds. The molecule has 3 heteroatoms. The third-order valence-corrected chi connectivity index (χ3v) is 12.9. The topological polar surface area (TPSA) is 29.3 Å². The molecule has 0 fully saturated rings. The van der Waals surface area contributed by atoms with Gasteiger partial charge in [0.05, 0.1) is 0 Å². The fourth-order valence-electron chi connectivity index (χ4n) is 9.76. The van der Waals surface area contributed by atoms with Crippen molar-refractivity contribution in [2.75, 3.05) is 4.90 Å². The molecule has 0 aliphatic heterocycles. The number of aromatic nitrogens is 1. The molecule has 0 bridgehead atoms. The molecule has 0 unspecified atom stereocenters. The highest BCUT2D eigenvalue weighted by Gasteiger charge is 2.35. The van der Waals surface area contributed by atoms with Gasteiger partial charge < -0.3 is 9.32 Å². The van der Waals surface area contributed by atoms with Crippen molar-refractivity contribution in [2.24, 2.45) is 0 Å². The van der Waals surface area contributed by atoms with Crippen LogP contribution in [0.25, 0.3) is 88.3 Å². The van der Waals surface area contributed by atoms with Crippen molar-refractivity contribution in [3.8, 4) is 44.8 Å². The van der Waals surface area contributed by atoms with Crippen LogP contribution >= 0.6 is 0 Å². The largest absolute Gasteiger partial charge is 0.435 e. The zero-order chi connectivity index (χ0) is 40.7. The molecule has 1 aliphatic rings. The van der Waals surface area contributed by atoms with Gasteiger partial charge in [-0.3, -0.25) is 0 Å². The summed E-state index contributed by atoms with van der Waals surface area (Å²) in [5, 5.41) is 6.88. The molecule has 0 saturated carbocycles. The summed E-state index contributed by atoms with van der Waals surface area (Å²) >= 11 is 0. The van der Waals surface area contributed by atoms with Crippen molar-refractivity contribution >= 4 is 60.5 Å². The number of benzene rings is 10. The highest BCUT2D eigenvalue weighted by molar-refractivity contribution is 6.26. The van der Waals surface area contributed by atoms with Gasteiger partial charge in [0.2, 0.25) is 5.89 Å². The minimum atomic E-state index is -0.0156. The molecular formula is C58H40N2O. The lowest BCUT2D eigenvalue weighted by Gasteiger charge is -2.26. The molecule has 0 radical (unpaired) electrons. The molecule has 10 aromatic carbocycles. The average Bonchev–Trinajstić information content (AvgIpc) is 3.86. The van der Waals surface area contributed by atoms with Crippen LogP contribution in [0.3, 0.4) is 0 Å². The second-order valence-electron chi connectivity index (χ2n) is 16.8. The van der Waals surface area contributed by atoms with E-state index in [0.29, 0.717) is 5.89 Å². The quantitative estimate of drug-likeness (QED) is 0.157. The van der Waals surface area contributed by atoms with E-state index in [1.54, 1.807) is 0 Å². The van der Waals surface area contributed by atoms with Crippen LogP contribution in [-0.2, 0) is 5.41 Å². The van der Waals surface area contributed by atoms with E-state index in [2.05, 4.69) is 195 Å². The van der Waals surface area contributed by atoms with Gasteiger partial charge in [0.15, 0.2) is 5.58 Å². The lowest BCUT2D eigenvalue weighted by atomic mass is 9.82. The Labute approximate surface area is 354 Å². The molecule has 3 nitrogen and oxygen atoms in total. The lowest BCUT2D eigenvalue weighted by Crippen LogP contribution is -2.14. The lowest BCUT2D eigenvalue weighted by molar-refractivity contribution is 0.623. The highest BCUT2D eigenvalue weighted by Crippen LogP contribution is 2.50. The van der Waals surface area contributed by atoms with Crippen LogP contribution in [0, 0.1) is 0 Å². The molecule has 1 heterocycles. The van der Waals surface area contributed by atoms with Crippen LogP contribution < -0.4 is 4.90 Å². The van der Waals surface area contributed by atoms with E-state index in [9.17, 15) is 0 Å². The minimum absolute atomic E-state index is 0.0156. The van der Waals surface area contributed by atoms with Gasteiger partial charge in [-0.2, -0.15) is 0 Å². The Morgan fingerprint density at radius 3 is 1.67 bits per heavy atom. The van der Waals surface area contributed by atoms with Gasteiger partial charge in [0, 0.05) is 38.8 Å². The third-order valence-electron chi connectivity index (χ3n) is 12.9. The number of anilines is 3. The van der Waals surface area contributed by atoms with Crippen LogP contribution in [0.5, 0.6) is 0 Å². The minimum Gasteiger partial charge on any atom is -0.435 e. The number of hydrogen-bond donors (Lipinski definition) is 0. The molecule has 1 aromatic heterocycles. The normalized spacial score (nSPS) is 12.9. The summed E-state index contributed by atoms with van der Waals surface area (Å²) in [6.07, 6.45) is 0. The zero-order valence-electron chi connectivity index (χ0n) is 33.9. The summed E-state index contributed by atoms with van der Waals surface area (Å²) in [6, 6.07) is 74.5. The van der Waals surface area contributed by atoms with Crippen LogP contribution in [0.4, 0.5) is 17.1 Å². The Kier molecular flexibility index (Phi) is 7.88. The third kappa shape index (κ3) is 5.69. The van der Waals surface area contributed by atoms with Crippen molar-refractivity contribution < 1.29 is 4.42 Å². The van der Waals surface area contributed by atoms with Crippen LogP contribution in [0.15, 0.2) is 211 Å². The van der Waals surface area contributed by atoms with Crippen molar-refractivity contribution in [1.29, 1.82) is 0 Å². The zero-order valence-corrected chi connectivity index (χ0v) is 33.9. The van der Waals surface area contributed by atoms with Gasteiger partial charge in [-0.15, -0.1) is 0 Å². The van der Waals surface area contributed by atoms with E-state index in [1.165, 1.54) is 60.7 Å². The van der Waals surface area contributed by atoms with Crippen LogP contribution in [-0.4, -0.2) is 4.98 Å².